The molecule has 27 heavy (non-hydrogen) atoms. The number of hydrogen-bond donors (Lipinski definition) is 1. The van der Waals surface area contributed by atoms with Crippen LogP contribution in [0.5, 0.6) is 0 Å². The number of carbonyl (C=O) groups excluding carboxylic acids is 2. The number of rotatable bonds is 3. The monoisotopic (exact) mass is 395 g/mol. The Kier molecular flexibility index (Phi) is 6.15. The third-order valence-corrected chi connectivity index (χ3v) is 3.70. The molecule has 2 aromatic rings. The van der Waals surface area contributed by atoms with Gasteiger partial charge in [0.1, 0.15) is 23.5 Å². The van der Waals surface area contributed by atoms with Crippen LogP contribution in [0.2, 0.25) is 0 Å². The first-order chi connectivity index (χ1) is 12.4. The summed E-state index contributed by atoms with van der Waals surface area (Å²) in [7, 11) is 0. The molecule has 0 saturated carbocycles. The number of thiophene rings is 1. The van der Waals surface area contributed by atoms with Crippen molar-refractivity contribution in [2.24, 2.45) is 0 Å². The summed E-state index contributed by atoms with van der Waals surface area (Å²) in [5.74, 6) is 0.835. The summed E-state index contributed by atoms with van der Waals surface area (Å²) in [6, 6.07) is 3.77. The van der Waals surface area contributed by atoms with Crippen LogP contribution >= 0.6 is 11.3 Å². The number of hydrogen-bond acceptors (Lipinski definition) is 7. The second kappa shape index (κ2) is 7.99. The van der Waals surface area contributed by atoms with Crippen molar-refractivity contribution in [2.75, 3.05) is 0 Å². The highest BCUT2D eigenvalue weighted by Gasteiger charge is 2.27. The van der Waals surface area contributed by atoms with E-state index in [1.54, 1.807) is 41.5 Å². The third-order valence-electron chi connectivity index (χ3n) is 2.84. The van der Waals surface area contributed by atoms with E-state index in [1.165, 1.54) is 17.5 Å². The van der Waals surface area contributed by atoms with E-state index in [1.807, 2.05) is 17.5 Å². The average Bonchev–Trinajstić information content (AvgIpc) is 3.13. The maximum absolute atomic E-state index is 12.5. The lowest BCUT2D eigenvalue weighted by atomic mass is 10.2. The molecule has 2 heterocycles. The lowest BCUT2D eigenvalue weighted by Crippen LogP contribution is -2.49. The molecule has 0 spiro atoms. The molecule has 0 saturated heterocycles. The Bertz CT molecular complexity index is 772. The van der Waals surface area contributed by atoms with Gasteiger partial charge in [-0.05, 0) is 53.0 Å². The highest BCUT2D eigenvalue weighted by molar-refractivity contribution is 7.13. The minimum Gasteiger partial charge on any atom is -0.443 e. The Morgan fingerprint density at radius 1 is 1.19 bits per heavy atom. The Morgan fingerprint density at radius 3 is 2.41 bits per heavy atom. The van der Waals surface area contributed by atoms with Crippen LogP contribution in [0.3, 0.4) is 0 Å². The van der Waals surface area contributed by atoms with Crippen molar-refractivity contribution in [3.63, 3.8) is 0 Å². The smallest absolute Gasteiger partial charge is 0.429 e. The van der Waals surface area contributed by atoms with Crippen LogP contribution in [-0.2, 0) is 16.0 Å². The molecule has 2 amide bonds. The molecule has 2 rings (SSSR count). The summed E-state index contributed by atoms with van der Waals surface area (Å²) < 4.78 is 16.2. The first kappa shape index (κ1) is 20.8. The van der Waals surface area contributed by atoms with Gasteiger partial charge in [0, 0.05) is 0 Å². The molecule has 0 aliphatic carbocycles. The van der Waals surface area contributed by atoms with Gasteiger partial charge in [-0.2, -0.15) is 0 Å². The fourth-order valence-electron chi connectivity index (χ4n) is 1.93. The standard InChI is InChI=1S/C18H25N3O5S/c1-17(2,3)25-15(22)20-21(16(23)26-18(4,5)6)11-12-10-19-14(24-12)13-8-7-9-27-13/h7-10H,11H2,1-6H3,(H,20,22). The quantitative estimate of drug-likeness (QED) is 0.765. The zero-order chi connectivity index (χ0) is 20.2. The molecular formula is C18H25N3O5S. The number of aromatic nitrogens is 1. The maximum atomic E-state index is 12.5. The molecule has 0 unspecified atom stereocenters. The van der Waals surface area contributed by atoms with Gasteiger partial charge < -0.3 is 13.9 Å². The molecule has 0 aliphatic heterocycles. The highest BCUT2D eigenvalue weighted by atomic mass is 32.1. The number of nitrogens with one attached hydrogen (secondary N) is 1. The largest absolute Gasteiger partial charge is 0.443 e. The first-order valence-electron chi connectivity index (χ1n) is 8.42. The van der Waals surface area contributed by atoms with Crippen LogP contribution < -0.4 is 5.43 Å². The molecule has 0 fully saturated rings. The van der Waals surface area contributed by atoms with Crippen molar-refractivity contribution in [1.29, 1.82) is 0 Å². The third kappa shape index (κ3) is 6.93. The fourth-order valence-corrected chi connectivity index (χ4v) is 2.58. The molecular weight excluding hydrogens is 370 g/mol. The molecule has 0 bridgehead atoms. The summed E-state index contributed by atoms with van der Waals surface area (Å²) >= 11 is 1.49. The van der Waals surface area contributed by atoms with E-state index in [2.05, 4.69) is 10.4 Å². The van der Waals surface area contributed by atoms with Gasteiger partial charge in [0.25, 0.3) is 0 Å². The SMILES string of the molecule is CC(C)(C)OC(=O)NN(Cc1cnc(-c2cccs2)o1)C(=O)OC(C)(C)C. The zero-order valence-corrected chi connectivity index (χ0v) is 17.2. The molecule has 8 nitrogen and oxygen atoms in total. The van der Waals surface area contributed by atoms with Gasteiger partial charge in [-0.1, -0.05) is 6.07 Å². The summed E-state index contributed by atoms with van der Waals surface area (Å²) in [4.78, 5) is 29.6. The van der Waals surface area contributed by atoms with E-state index in [9.17, 15) is 9.59 Å². The van der Waals surface area contributed by atoms with Gasteiger partial charge in [0.05, 0.1) is 11.1 Å². The molecule has 0 radical (unpaired) electrons. The first-order valence-corrected chi connectivity index (χ1v) is 9.30. The van der Waals surface area contributed by atoms with Crippen molar-refractivity contribution < 1.29 is 23.5 Å². The summed E-state index contributed by atoms with van der Waals surface area (Å²) in [6.07, 6.45) is -0.00258. The normalized spacial score (nSPS) is 11.8. The number of amides is 2. The van der Waals surface area contributed by atoms with Gasteiger partial charge in [-0.3, -0.25) is 0 Å². The van der Waals surface area contributed by atoms with Crippen molar-refractivity contribution in [3.05, 3.63) is 29.5 Å². The van der Waals surface area contributed by atoms with Crippen LogP contribution in [0, 0.1) is 0 Å². The van der Waals surface area contributed by atoms with E-state index < -0.39 is 23.4 Å². The lowest BCUT2D eigenvalue weighted by molar-refractivity contribution is -0.00198. The highest BCUT2D eigenvalue weighted by Crippen LogP contribution is 2.24. The van der Waals surface area contributed by atoms with Crippen LogP contribution in [0.25, 0.3) is 10.8 Å². The van der Waals surface area contributed by atoms with Gasteiger partial charge in [-0.15, -0.1) is 11.3 Å². The van der Waals surface area contributed by atoms with Crippen LogP contribution in [-0.4, -0.2) is 33.4 Å². The number of oxazole rings is 1. The molecule has 2 aromatic heterocycles. The van der Waals surface area contributed by atoms with Gasteiger partial charge in [0.2, 0.25) is 5.89 Å². The number of nitrogens with zero attached hydrogens (tertiary/aromatic N) is 2. The Balaban J connectivity index is 2.14. The number of hydrazine groups is 1. The number of ether oxygens (including phenoxy) is 2. The topological polar surface area (TPSA) is 93.9 Å². The predicted molar refractivity (Wildman–Crippen MR) is 101 cm³/mol. The second-order valence-electron chi connectivity index (χ2n) is 7.79. The molecule has 148 valence electrons. The summed E-state index contributed by atoms with van der Waals surface area (Å²) in [5, 5.41) is 2.91. The zero-order valence-electron chi connectivity index (χ0n) is 16.4. The summed E-state index contributed by atoms with van der Waals surface area (Å²) in [6.45, 7) is 10.3. The Hall–Kier alpha value is -2.55. The molecule has 0 aliphatic rings. The van der Waals surface area contributed by atoms with E-state index >= 15 is 0 Å². The van der Waals surface area contributed by atoms with Gasteiger partial charge in [0.15, 0.2) is 0 Å². The van der Waals surface area contributed by atoms with E-state index in [4.69, 9.17) is 13.9 Å². The van der Waals surface area contributed by atoms with E-state index in [0.29, 0.717) is 11.7 Å². The molecule has 0 aromatic carbocycles. The van der Waals surface area contributed by atoms with Crippen molar-refractivity contribution in [2.45, 2.75) is 59.3 Å². The van der Waals surface area contributed by atoms with Crippen molar-refractivity contribution in [3.8, 4) is 10.8 Å². The molecule has 1 N–H and O–H groups in total. The Labute approximate surface area is 162 Å². The van der Waals surface area contributed by atoms with Gasteiger partial charge in [-0.25, -0.2) is 25.0 Å². The number of carbonyl (C=O) groups is 2. The van der Waals surface area contributed by atoms with Crippen LogP contribution in [0.1, 0.15) is 47.3 Å². The second-order valence-corrected chi connectivity index (χ2v) is 8.74. The van der Waals surface area contributed by atoms with Crippen molar-refractivity contribution in [1.82, 2.24) is 15.4 Å². The van der Waals surface area contributed by atoms with Gasteiger partial charge >= 0.3 is 12.2 Å². The van der Waals surface area contributed by atoms with E-state index in [0.717, 1.165) is 9.89 Å². The average molecular weight is 395 g/mol. The van der Waals surface area contributed by atoms with Crippen LogP contribution in [0.4, 0.5) is 9.59 Å². The predicted octanol–water partition coefficient (Wildman–Crippen LogP) is 4.58. The van der Waals surface area contributed by atoms with Crippen molar-refractivity contribution >= 4 is 23.5 Å². The fraction of sp³-hybridized carbons (Fsp3) is 0.500. The Morgan fingerprint density at radius 2 is 1.85 bits per heavy atom. The minimum atomic E-state index is -0.772. The maximum Gasteiger partial charge on any atom is 0.429 e. The van der Waals surface area contributed by atoms with E-state index in [-0.39, 0.29) is 6.54 Å². The lowest BCUT2D eigenvalue weighted by Gasteiger charge is -2.28. The molecule has 9 heteroatoms. The molecule has 0 atom stereocenters. The summed E-state index contributed by atoms with van der Waals surface area (Å²) in [5.41, 5.74) is 0.967. The van der Waals surface area contributed by atoms with Crippen LogP contribution in [0.15, 0.2) is 28.1 Å². The minimum absolute atomic E-state index is 0.0630.